The highest BCUT2D eigenvalue weighted by Gasteiger charge is 2.25. The number of nitriles is 1. The molecule has 2 heterocycles. The quantitative estimate of drug-likeness (QED) is 0.474. The van der Waals surface area contributed by atoms with Crippen molar-refractivity contribution in [1.29, 1.82) is 5.26 Å². The van der Waals surface area contributed by atoms with Crippen LogP contribution in [0.3, 0.4) is 0 Å². The molecule has 5 rings (SSSR count). The van der Waals surface area contributed by atoms with E-state index in [1.54, 1.807) is 17.0 Å². The molecule has 1 aromatic heterocycles. The van der Waals surface area contributed by atoms with Crippen LogP contribution < -0.4 is 9.64 Å². The van der Waals surface area contributed by atoms with Gasteiger partial charge in [0.1, 0.15) is 35.5 Å². The zero-order chi connectivity index (χ0) is 23.5. The van der Waals surface area contributed by atoms with Crippen molar-refractivity contribution >= 4 is 22.5 Å². The molecule has 4 aromatic rings. The molecule has 7 heteroatoms. The second-order valence-corrected chi connectivity index (χ2v) is 8.23. The van der Waals surface area contributed by atoms with Crippen molar-refractivity contribution in [2.45, 2.75) is 6.61 Å². The summed E-state index contributed by atoms with van der Waals surface area (Å²) in [4.78, 5) is 20.1. The minimum absolute atomic E-state index is 0.0446. The van der Waals surface area contributed by atoms with E-state index in [2.05, 4.69) is 4.98 Å². The number of piperazine rings is 1. The van der Waals surface area contributed by atoms with Gasteiger partial charge < -0.3 is 19.5 Å². The standard InChI is InChI=1S/C27H23FN4O2/c28-23-7-4-8-26(22(23)17-29)31-11-13-32(14-12-31)27(33)25-15-20-9-10-21(16-24(20)30-25)34-18-19-5-2-1-3-6-19/h1-10,15-16,30H,11-14,18H2. The van der Waals surface area contributed by atoms with Crippen LogP contribution in [0.15, 0.2) is 72.8 Å². The van der Waals surface area contributed by atoms with Crippen molar-refractivity contribution in [1.82, 2.24) is 9.88 Å². The Hall–Kier alpha value is -4.31. The Balaban J connectivity index is 1.25. The maximum Gasteiger partial charge on any atom is 0.270 e. The van der Waals surface area contributed by atoms with E-state index in [4.69, 9.17) is 4.74 Å². The van der Waals surface area contributed by atoms with Crippen LogP contribution in [-0.4, -0.2) is 42.0 Å². The number of carbonyl (C=O) groups is 1. The summed E-state index contributed by atoms with van der Waals surface area (Å²) in [5, 5.41) is 10.2. The topological polar surface area (TPSA) is 72.4 Å². The molecule has 6 nitrogen and oxygen atoms in total. The van der Waals surface area contributed by atoms with E-state index in [0.29, 0.717) is 44.2 Å². The summed E-state index contributed by atoms with van der Waals surface area (Å²) in [7, 11) is 0. The molecular formula is C27H23FN4O2. The highest BCUT2D eigenvalue weighted by atomic mass is 19.1. The number of H-pyrrole nitrogens is 1. The zero-order valence-corrected chi connectivity index (χ0v) is 18.5. The van der Waals surface area contributed by atoms with E-state index in [0.717, 1.165) is 22.2 Å². The van der Waals surface area contributed by atoms with Gasteiger partial charge in [-0.05, 0) is 35.9 Å². The highest BCUT2D eigenvalue weighted by molar-refractivity contribution is 5.98. The molecule has 0 unspecified atom stereocenters. The summed E-state index contributed by atoms with van der Waals surface area (Å²) < 4.78 is 19.9. The van der Waals surface area contributed by atoms with Crippen LogP contribution in [0, 0.1) is 17.1 Å². The van der Waals surface area contributed by atoms with E-state index in [1.807, 2.05) is 65.6 Å². The van der Waals surface area contributed by atoms with Gasteiger partial charge >= 0.3 is 0 Å². The third-order valence-electron chi connectivity index (χ3n) is 6.08. The third kappa shape index (κ3) is 4.30. The third-order valence-corrected chi connectivity index (χ3v) is 6.08. The van der Waals surface area contributed by atoms with E-state index in [1.165, 1.54) is 6.07 Å². The number of hydrogen-bond acceptors (Lipinski definition) is 4. The normalized spacial score (nSPS) is 13.6. The number of aromatic amines is 1. The molecular weight excluding hydrogens is 431 g/mol. The van der Waals surface area contributed by atoms with Gasteiger partial charge in [-0.2, -0.15) is 5.26 Å². The van der Waals surface area contributed by atoms with E-state index >= 15 is 0 Å². The molecule has 1 aliphatic rings. The summed E-state index contributed by atoms with van der Waals surface area (Å²) in [6.45, 7) is 2.51. The van der Waals surface area contributed by atoms with Gasteiger partial charge in [-0.1, -0.05) is 36.4 Å². The molecule has 0 spiro atoms. The van der Waals surface area contributed by atoms with Crippen LogP contribution in [0.5, 0.6) is 5.75 Å². The smallest absolute Gasteiger partial charge is 0.270 e. The molecule has 1 fully saturated rings. The fraction of sp³-hybridized carbons (Fsp3) is 0.185. The summed E-state index contributed by atoms with van der Waals surface area (Å²) in [5.74, 6) is 0.125. The Kier molecular flexibility index (Phi) is 5.88. The number of nitrogens with one attached hydrogen (secondary N) is 1. The molecule has 34 heavy (non-hydrogen) atoms. The van der Waals surface area contributed by atoms with Crippen molar-refractivity contribution in [3.63, 3.8) is 0 Å². The number of halogens is 1. The molecule has 170 valence electrons. The number of benzene rings is 3. The molecule has 0 saturated carbocycles. The summed E-state index contributed by atoms with van der Waals surface area (Å²) >= 11 is 0. The molecule has 1 N–H and O–H groups in total. The number of fused-ring (bicyclic) bond motifs is 1. The van der Waals surface area contributed by atoms with Crippen LogP contribution in [0.25, 0.3) is 10.9 Å². The van der Waals surface area contributed by atoms with Gasteiger partial charge in [-0.3, -0.25) is 4.79 Å². The lowest BCUT2D eigenvalue weighted by molar-refractivity contribution is 0.0742. The van der Waals surface area contributed by atoms with Crippen molar-refractivity contribution < 1.29 is 13.9 Å². The lowest BCUT2D eigenvalue weighted by Gasteiger charge is -2.36. The number of rotatable bonds is 5. The first-order valence-electron chi connectivity index (χ1n) is 11.1. The number of hydrogen-bond donors (Lipinski definition) is 1. The maximum absolute atomic E-state index is 14.0. The molecule has 3 aromatic carbocycles. The number of aromatic nitrogens is 1. The second-order valence-electron chi connectivity index (χ2n) is 8.23. The Labute approximate surface area is 196 Å². The van der Waals surface area contributed by atoms with Gasteiger partial charge in [0.15, 0.2) is 0 Å². The first-order valence-corrected chi connectivity index (χ1v) is 11.1. The fourth-order valence-electron chi connectivity index (χ4n) is 4.26. The monoisotopic (exact) mass is 454 g/mol. The van der Waals surface area contributed by atoms with Crippen LogP contribution in [0.1, 0.15) is 21.6 Å². The summed E-state index contributed by atoms with van der Waals surface area (Å²) in [6, 6.07) is 24.1. The van der Waals surface area contributed by atoms with Gasteiger partial charge in [-0.15, -0.1) is 0 Å². The van der Waals surface area contributed by atoms with E-state index in [-0.39, 0.29) is 11.5 Å². The molecule has 0 atom stereocenters. The average molecular weight is 455 g/mol. The van der Waals surface area contributed by atoms with Gasteiger partial charge in [-0.25, -0.2) is 4.39 Å². The number of amides is 1. The molecule has 0 radical (unpaired) electrons. The summed E-state index contributed by atoms with van der Waals surface area (Å²) in [5.41, 5.74) is 3.06. The van der Waals surface area contributed by atoms with Gasteiger partial charge in [0, 0.05) is 43.1 Å². The summed E-state index contributed by atoms with van der Waals surface area (Å²) in [6.07, 6.45) is 0. The number of carbonyl (C=O) groups excluding carboxylic acids is 1. The van der Waals surface area contributed by atoms with E-state index < -0.39 is 5.82 Å². The first kappa shape index (κ1) is 21.5. The molecule has 1 aliphatic heterocycles. The van der Waals surface area contributed by atoms with Crippen LogP contribution in [0.4, 0.5) is 10.1 Å². The Bertz CT molecular complexity index is 1370. The van der Waals surface area contributed by atoms with Crippen molar-refractivity contribution in [2.24, 2.45) is 0 Å². The first-order chi connectivity index (χ1) is 16.6. The average Bonchev–Trinajstić information content (AvgIpc) is 3.31. The van der Waals surface area contributed by atoms with Crippen molar-refractivity contribution in [3.05, 3.63) is 95.4 Å². The Morgan fingerprint density at radius 2 is 1.79 bits per heavy atom. The molecule has 1 amide bonds. The highest BCUT2D eigenvalue weighted by Crippen LogP contribution is 2.26. The van der Waals surface area contributed by atoms with E-state index in [9.17, 15) is 14.4 Å². The minimum Gasteiger partial charge on any atom is -0.489 e. The largest absolute Gasteiger partial charge is 0.489 e. The second kappa shape index (κ2) is 9.28. The lowest BCUT2D eigenvalue weighted by atomic mass is 10.1. The molecule has 1 saturated heterocycles. The zero-order valence-electron chi connectivity index (χ0n) is 18.5. The Morgan fingerprint density at radius 3 is 2.56 bits per heavy atom. The fourth-order valence-corrected chi connectivity index (χ4v) is 4.26. The number of nitrogens with zero attached hydrogens (tertiary/aromatic N) is 3. The van der Waals surface area contributed by atoms with Crippen LogP contribution in [0.2, 0.25) is 0 Å². The van der Waals surface area contributed by atoms with Gasteiger partial charge in [0.25, 0.3) is 5.91 Å². The van der Waals surface area contributed by atoms with Crippen LogP contribution in [-0.2, 0) is 6.61 Å². The minimum atomic E-state index is -0.524. The van der Waals surface area contributed by atoms with Crippen LogP contribution >= 0.6 is 0 Å². The number of ether oxygens (including phenoxy) is 1. The molecule has 0 bridgehead atoms. The van der Waals surface area contributed by atoms with Crippen molar-refractivity contribution in [2.75, 3.05) is 31.1 Å². The lowest BCUT2D eigenvalue weighted by Crippen LogP contribution is -2.49. The number of anilines is 1. The van der Waals surface area contributed by atoms with Gasteiger partial charge in [0.05, 0.1) is 5.69 Å². The van der Waals surface area contributed by atoms with Gasteiger partial charge in [0.2, 0.25) is 0 Å². The predicted octanol–water partition coefficient (Wildman–Crippen LogP) is 4.72. The molecule has 0 aliphatic carbocycles. The SMILES string of the molecule is N#Cc1c(F)cccc1N1CCN(C(=O)c2cc3ccc(OCc4ccccc4)cc3[nH]2)CC1. The maximum atomic E-state index is 14.0. The predicted molar refractivity (Wildman–Crippen MR) is 128 cm³/mol. The Morgan fingerprint density at radius 1 is 1.00 bits per heavy atom. The van der Waals surface area contributed by atoms with Crippen molar-refractivity contribution in [3.8, 4) is 11.8 Å².